The monoisotopic (exact) mass is 439 g/mol. The maximum absolute atomic E-state index is 13.0. The first-order chi connectivity index (χ1) is 14.5. The Kier molecular flexibility index (Phi) is 5.70. The quantitative estimate of drug-likeness (QED) is 0.474. The van der Waals surface area contributed by atoms with E-state index in [4.69, 9.17) is 21.1 Å². The first kappa shape index (κ1) is 20.3. The number of ether oxygens (including phenoxy) is 2. The zero-order chi connectivity index (χ0) is 21.3. The van der Waals surface area contributed by atoms with Gasteiger partial charge in [-0.15, -0.1) is 0 Å². The number of hydrogen-bond acceptors (Lipinski definition) is 5. The van der Waals surface area contributed by atoms with E-state index >= 15 is 0 Å². The van der Waals surface area contributed by atoms with Crippen molar-refractivity contribution in [3.8, 4) is 11.5 Å². The lowest BCUT2D eigenvalue weighted by atomic mass is 10.0. The van der Waals surface area contributed by atoms with Gasteiger partial charge in [0.25, 0.3) is 11.1 Å². The fourth-order valence-corrected chi connectivity index (χ4v) is 4.54. The van der Waals surface area contributed by atoms with Crippen molar-refractivity contribution in [3.63, 3.8) is 0 Å². The Morgan fingerprint density at radius 2 is 1.80 bits per heavy atom. The van der Waals surface area contributed by atoms with Crippen LogP contribution in [0.15, 0.2) is 59.5 Å². The molecule has 152 valence electrons. The molecule has 0 atom stereocenters. The number of fused-ring (bicyclic) bond motifs is 1. The molecule has 0 radical (unpaired) electrons. The largest absolute Gasteiger partial charge is 0.493 e. The highest BCUT2D eigenvalue weighted by atomic mass is 35.5. The SMILES string of the molecule is COc1cc(/C=C2/SC(=O)N(Cc3cccc4ccccc34)C2=O)cc(Cl)c1OC. The van der Waals surface area contributed by atoms with Gasteiger partial charge in [0, 0.05) is 0 Å². The van der Waals surface area contributed by atoms with E-state index in [1.807, 2.05) is 42.5 Å². The summed E-state index contributed by atoms with van der Waals surface area (Å²) in [6.07, 6.45) is 1.64. The summed E-state index contributed by atoms with van der Waals surface area (Å²) < 4.78 is 10.5. The first-order valence-corrected chi connectivity index (χ1v) is 10.3. The molecule has 7 heteroatoms. The van der Waals surface area contributed by atoms with Crippen LogP contribution in [0.2, 0.25) is 5.02 Å². The van der Waals surface area contributed by atoms with E-state index in [2.05, 4.69) is 0 Å². The minimum atomic E-state index is -0.330. The van der Waals surface area contributed by atoms with Crippen molar-refractivity contribution in [2.45, 2.75) is 6.54 Å². The van der Waals surface area contributed by atoms with Crippen molar-refractivity contribution in [3.05, 3.63) is 75.7 Å². The molecule has 2 amide bonds. The minimum Gasteiger partial charge on any atom is -0.493 e. The van der Waals surface area contributed by atoms with E-state index in [1.165, 1.54) is 19.1 Å². The summed E-state index contributed by atoms with van der Waals surface area (Å²) in [6.45, 7) is 0.218. The van der Waals surface area contributed by atoms with Gasteiger partial charge in [-0.2, -0.15) is 0 Å². The smallest absolute Gasteiger partial charge is 0.293 e. The summed E-state index contributed by atoms with van der Waals surface area (Å²) in [6, 6.07) is 17.2. The lowest BCUT2D eigenvalue weighted by molar-refractivity contribution is -0.123. The molecule has 0 N–H and O–H groups in total. The molecule has 0 bridgehead atoms. The minimum absolute atomic E-state index is 0.218. The normalized spacial score (nSPS) is 15.3. The predicted octanol–water partition coefficient (Wildman–Crippen LogP) is 5.75. The van der Waals surface area contributed by atoms with E-state index in [0.717, 1.165) is 28.1 Å². The van der Waals surface area contributed by atoms with Crippen LogP contribution in [0.1, 0.15) is 11.1 Å². The number of thioether (sulfide) groups is 1. The Labute approximate surface area is 183 Å². The molecule has 0 unspecified atom stereocenters. The van der Waals surface area contributed by atoms with Gasteiger partial charge in [-0.25, -0.2) is 0 Å². The molecule has 4 rings (SSSR count). The fourth-order valence-electron chi connectivity index (χ4n) is 3.41. The average Bonchev–Trinajstić information content (AvgIpc) is 3.01. The number of imide groups is 1. The van der Waals surface area contributed by atoms with Gasteiger partial charge in [0.05, 0.1) is 30.7 Å². The summed E-state index contributed by atoms with van der Waals surface area (Å²) in [5.41, 5.74) is 1.57. The number of nitrogens with zero attached hydrogens (tertiary/aromatic N) is 1. The number of methoxy groups -OCH3 is 2. The molecule has 1 aliphatic heterocycles. The molecular weight excluding hydrogens is 422 g/mol. The molecule has 1 heterocycles. The van der Waals surface area contributed by atoms with E-state index < -0.39 is 0 Å². The Morgan fingerprint density at radius 3 is 2.57 bits per heavy atom. The molecule has 30 heavy (non-hydrogen) atoms. The van der Waals surface area contributed by atoms with E-state index in [0.29, 0.717) is 27.0 Å². The van der Waals surface area contributed by atoms with E-state index in [-0.39, 0.29) is 17.7 Å². The highest BCUT2D eigenvalue weighted by Crippen LogP contribution is 2.39. The molecule has 0 aliphatic carbocycles. The van der Waals surface area contributed by atoms with Gasteiger partial charge in [-0.05, 0) is 51.9 Å². The molecule has 0 saturated carbocycles. The van der Waals surface area contributed by atoms with Gasteiger partial charge in [0.2, 0.25) is 0 Å². The van der Waals surface area contributed by atoms with Crippen molar-refractivity contribution in [2.24, 2.45) is 0 Å². The molecule has 1 aliphatic rings. The van der Waals surface area contributed by atoms with Crippen molar-refractivity contribution >= 4 is 51.4 Å². The number of benzene rings is 3. The number of carbonyl (C=O) groups excluding carboxylic acids is 2. The van der Waals surface area contributed by atoms with Crippen LogP contribution in [-0.4, -0.2) is 30.3 Å². The first-order valence-electron chi connectivity index (χ1n) is 9.15. The van der Waals surface area contributed by atoms with Crippen molar-refractivity contribution < 1.29 is 19.1 Å². The third-order valence-electron chi connectivity index (χ3n) is 4.84. The standard InChI is InChI=1S/C23H18ClNO4S/c1-28-19-11-14(10-18(24)21(19)29-2)12-20-22(26)25(23(27)30-20)13-16-8-5-7-15-6-3-4-9-17(15)16/h3-12H,13H2,1-2H3/b20-12+. The van der Waals surface area contributed by atoms with Gasteiger partial charge in [-0.1, -0.05) is 54.1 Å². The van der Waals surface area contributed by atoms with Gasteiger partial charge in [0.1, 0.15) is 0 Å². The van der Waals surface area contributed by atoms with Crippen LogP contribution < -0.4 is 9.47 Å². The second-order valence-corrected chi connectivity index (χ2v) is 8.04. The van der Waals surface area contributed by atoms with Gasteiger partial charge in [-0.3, -0.25) is 14.5 Å². The summed E-state index contributed by atoms with van der Waals surface area (Å²) in [5.74, 6) is 0.537. The highest BCUT2D eigenvalue weighted by Gasteiger charge is 2.35. The Hall–Kier alpha value is -2.96. The summed E-state index contributed by atoms with van der Waals surface area (Å²) in [4.78, 5) is 27.1. The van der Waals surface area contributed by atoms with E-state index in [1.54, 1.807) is 18.2 Å². The Morgan fingerprint density at radius 1 is 1.03 bits per heavy atom. The number of halogens is 1. The average molecular weight is 440 g/mol. The van der Waals surface area contributed by atoms with E-state index in [9.17, 15) is 9.59 Å². The van der Waals surface area contributed by atoms with Gasteiger partial charge in [0.15, 0.2) is 11.5 Å². The van der Waals surface area contributed by atoms with Gasteiger partial charge < -0.3 is 9.47 Å². The zero-order valence-electron chi connectivity index (χ0n) is 16.3. The topological polar surface area (TPSA) is 55.8 Å². The van der Waals surface area contributed by atoms with Crippen LogP contribution >= 0.6 is 23.4 Å². The fraction of sp³-hybridized carbons (Fsp3) is 0.130. The van der Waals surface area contributed by atoms with Crippen molar-refractivity contribution in [2.75, 3.05) is 14.2 Å². The van der Waals surface area contributed by atoms with Crippen LogP contribution in [0.5, 0.6) is 11.5 Å². The van der Waals surface area contributed by atoms with Crippen LogP contribution in [0.3, 0.4) is 0 Å². The van der Waals surface area contributed by atoms with Crippen LogP contribution in [0, 0.1) is 0 Å². The van der Waals surface area contributed by atoms with Crippen LogP contribution in [0.25, 0.3) is 16.8 Å². The zero-order valence-corrected chi connectivity index (χ0v) is 17.9. The lowest BCUT2D eigenvalue weighted by Crippen LogP contribution is -2.27. The number of rotatable bonds is 5. The van der Waals surface area contributed by atoms with Gasteiger partial charge >= 0.3 is 0 Å². The summed E-state index contributed by atoms with van der Waals surface area (Å²) >= 11 is 7.17. The van der Waals surface area contributed by atoms with Crippen molar-refractivity contribution in [1.29, 1.82) is 0 Å². The Bertz CT molecular complexity index is 1190. The van der Waals surface area contributed by atoms with Crippen LogP contribution in [-0.2, 0) is 11.3 Å². The molecule has 1 saturated heterocycles. The summed E-state index contributed by atoms with van der Waals surface area (Å²) in [7, 11) is 3.01. The molecule has 0 aromatic heterocycles. The number of amides is 2. The third-order valence-corrected chi connectivity index (χ3v) is 6.02. The molecule has 3 aromatic carbocycles. The Balaban J connectivity index is 1.64. The third kappa shape index (κ3) is 3.76. The molecule has 1 fully saturated rings. The maximum atomic E-state index is 13.0. The molecule has 0 spiro atoms. The van der Waals surface area contributed by atoms with Crippen molar-refractivity contribution in [1.82, 2.24) is 4.90 Å². The maximum Gasteiger partial charge on any atom is 0.293 e. The lowest BCUT2D eigenvalue weighted by Gasteiger charge is -2.14. The van der Waals surface area contributed by atoms with Crippen LogP contribution in [0.4, 0.5) is 4.79 Å². The highest BCUT2D eigenvalue weighted by molar-refractivity contribution is 8.18. The number of carbonyl (C=O) groups is 2. The predicted molar refractivity (Wildman–Crippen MR) is 120 cm³/mol. The molecule has 5 nitrogen and oxygen atoms in total. The molecular formula is C23H18ClNO4S. The second-order valence-electron chi connectivity index (χ2n) is 6.64. The number of hydrogen-bond donors (Lipinski definition) is 0. The molecule has 3 aromatic rings. The summed E-state index contributed by atoms with van der Waals surface area (Å²) in [5, 5.41) is 2.15. The second kappa shape index (κ2) is 8.42.